The monoisotopic (exact) mass is 451 g/mol. The molecule has 0 unspecified atom stereocenters. The van der Waals surface area contributed by atoms with Crippen molar-refractivity contribution < 1.29 is 0 Å². The maximum Gasteiger partial charge on any atom is 0.0812 e. The van der Waals surface area contributed by atoms with Crippen molar-refractivity contribution in [2.75, 3.05) is 0 Å². The van der Waals surface area contributed by atoms with Gasteiger partial charge in [-0.25, -0.2) is 4.99 Å². The summed E-state index contributed by atoms with van der Waals surface area (Å²) in [6, 6.07) is 32.4. The number of rotatable bonds is 5. The Morgan fingerprint density at radius 3 is 1.16 bits per heavy atom. The van der Waals surface area contributed by atoms with Crippen molar-refractivity contribution in [3.05, 3.63) is 113 Å². The first-order chi connectivity index (χ1) is 15.2. The van der Waals surface area contributed by atoms with Crippen LogP contribution in [0, 0.1) is 0 Å². The van der Waals surface area contributed by atoms with Gasteiger partial charge in [-0.1, -0.05) is 118 Å². The van der Waals surface area contributed by atoms with E-state index in [-0.39, 0.29) is 0 Å². The van der Waals surface area contributed by atoms with Crippen LogP contribution in [0.4, 0.5) is 5.69 Å². The van der Waals surface area contributed by atoms with E-state index in [4.69, 9.17) is 4.99 Å². The molecule has 0 N–H and O–H groups in total. The summed E-state index contributed by atoms with van der Waals surface area (Å²) in [4.78, 5) is 5.38. The van der Waals surface area contributed by atoms with E-state index in [1.54, 1.807) is 0 Å². The van der Waals surface area contributed by atoms with Gasteiger partial charge in [-0.2, -0.15) is 0 Å². The lowest BCUT2D eigenvalue weighted by Gasteiger charge is -2.26. The maximum atomic E-state index is 5.38. The smallest absolute Gasteiger partial charge is 0.0812 e. The van der Waals surface area contributed by atoms with Crippen LogP contribution in [0.2, 0.25) is 39.3 Å². The Kier molecular flexibility index (Phi) is 6.06. The second-order valence-corrected chi connectivity index (χ2v) is 20.5. The van der Waals surface area contributed by atoms with E-state index in [0.29, 0.717) is 0 Å². The fourth-order valence-electron chi connectivity index (χ4n) is 4.60. The van der Waals surface area contributed by atoms with Crippen molar-refractivity contribution in [3.8, 4) is 0 Å². The van der Waals surface area contributed by atoms with Crippen molar-refractivity contribution in [1.29, 1.82) is 0 Å². The molecule has 0 saturated carbocycles. The number of aliphatic imine (C=N–C) groups is 1. The Balaban J connectivity index is 2.17. The second-order valence-electron chi connectivity index (χ2n) is 10.5. The second kappa shape index (κ2) is 8.64. The average molecular weight is 452 g/mol. The molecule has 0 amide bonds. The highest BCUT2D eigenvalue weighted by Gasteiger charge is 2.42. The van der Waals surface area contributed by atoms with Gasteiger partial charge in [0.15, 0.2) is 0 Å². The summed E-state index contributed by atoms with van der Waals surface area (Å²) in [6.45, 7) is 14.8. The summed E-state index contributed by atoms with van der Waals surface area (Å²) in [5.74, 6) is 0. The van der Waals surface area contributed by atoms with E-state index in [9.17, 15) is 0 Å². The summed E-state index contributed by atoms with van der Waals surface area (Å²) in [5, 5.41) is 2.98. The molecule has 0 aromatic heterocycles. The third-order valence-corrected chi connectivity index (χ3v) is 9.82. The van der Waals surface area contributed by atoms with Crippen LogP contribution in [-0.4, -0.2) is 21.9 Å². The van der Waals surface area contributed by atoms with Crippen LogP contribution in [0.15, 0.2) is 106 Å². The molecule has 162 valence electrons. The molecule has 0 saturated heterocycles. The Morgan fingerprint density at radius 2 is 0.812 bits per heavy atom. The molecular weight excluding hydrogens is 418 g/mol. The summed E-state index contributed by atoms with van der Waals surface area (Å²) in [5.41, 5.74) is 7.70. The van der Waals surface area contributed by atoms with Crippen molar-refractivity contribution in [3.63, 3.8) is 0 Å². The molecule has 1 aliphatic rings. The number of allylic oxidation sites excluding steroid dienone is 4. The molecule has 1 aliphatic carbocycles. The minimum absolute atomic E-state index is 1.04. The fourth-order valence-corrected chi connectivity index (χ4v) is 8.55. The standard InChI is InChI=1S/C29H33NSi2/c1-31(2,3)28-25(22-16-10-7-11-17-22)26(23-18-12-8-13-19-23)29(32(4,5)6)27(28)30-24-20-14-9-15-21-24/h7-21H,1-6H3. The predicted octanol–water partition coefficient (Wildman–Crippen LogP) is 8.44. The molecule has 0 fully saturated rings. The third-order valence-electron chi connectivity index (χ3n) is 5.85. The molecule has 0 bridgehead atoms. The molecule has 1 nitrogen and oxygen atoms in total. The van der Waals surface area contributed by atoms with Crippen molar-refractivity contribution in [2.24, 2.45) is 4.99 Å². The van der Waals surface area contributed by atoms with E-state index in [1.165, 1.54) is 38.4 Å². The molecule has 0 aliphatic heterocycles. The van der Waals surface area contributed by atoms with E-state index >= 15 is 0 Å². The van der Waals surface area contributed by atoms with Gasteiger partial charge < -0.3 is 0 Å². The van der Waals surface area contributed by atoms with Crippen LogP contribution in [0.5, 0.6) is 0 Å². The van der Waals surface area contributed by atoms with Crippen LogP contribution in [0.25, 0.3) is 11.1 Å². The van der Waals surface area contributed by atoms with Crippen LogP contribution < -0.4 is 0 Å². The minimum Gasteiger partial charge on any atom is -0.249 e. The van der Waals surface area contributed by atoms with Gasteiger partial charge in [-0.05, 0) is 44.8 Å². The Bertz CT molecular complexity index is 1120. The van der Waals surface area contributed by atoms with E-state index in [0.717, 1.165) is 5.69 Å². The SMILES string of the molecule is C[Si](C)(C)C1=C(c2ccccc2)C(c2ccccc2)=C([Si](C)(C)C)C1=Nc1ccccc1. The van der Waals surface area contributed by atoms with Gasteiger partial charge in [0.25, 0.3) is 0 Å². The Morgan fingerprint density at radius 1 is 0.469 bits per heavy atom. The normalized spacial score (nSPS) is 14.9. The lowest BCUT2D eigenvalue weighted by molar-refractivity contribution is 1.50. The summed E-state index contributed by atoms with van der Waals surface area (Å²) in [6.07, 6.45) is 0. The number of hydrogen-bond donors (Lipinski definition) is 0. The summed E-state index contributed by atoms with van der Waals surface area (Å²) < 4.78 is 0. The Labute approximate surface area is 195 Å². The molecule has 4 rings (SSSR count). The van der Waals surface area contributed by atoms with Crippen molar-refractivity contribution in [1.82, 2.24) is 0 Å². The van der Waals surface area contributed by atoms with Gasteiger partial charge >= 0.3 is 0 Å². The first-order valence-corrected chi connectivity index (χ1v) is 18.4. The quantitative estimate of drug-likeness (QED) is 0.345. The van der Waals surface area contributed by atoms with Crippen molar-refractivity contribution >= 4 is 38.7 Å². The van der Waals surface area contributed by atoms with Gasteiger partial charge in [0, 0.05) is 0 Å². The zero-order chi connectivity index (χ0) is 22.9. The third kappa shape index (κ3) is 4.41. The van der Waals surface area contributed by atoms with Crippen LogP contribution in [-0.2, 0) is 0 Å². The van der Waals surface area contributed by atoms with Gasteiger partial charge in [0.1, 0.15) is 0 Å². The molecule has 0 heterocycles. The van der Waals surface area contributed by atoms with Crippen LogP contribution in [0.3, 0.4) is 0 Å². The fraction of sp³-hybridized carbons (Fsp3) is 0.207. The highest BCUT2D eigenvalue weighted by molar-refractivity contribution is 6.97. The zero-order valence-electron chi connectivity index (χ0n) is 20.1. The van der Waals surface area contributed by atoms with Gasteiger partial charge in [-0.15, -0.1) is 0 Å². The lowest BCUT2D eigenvalue weighted by Crippen LogP contribution is -2.35. The lowest BCUT2D eigenvalue weighted by atomic mass is 9.95. The van der Waals surface area contributed by atoms with Crippen molar-refractivity contribution in [2.45, 2.75) is 39.3 Å². The largest absolute Gasteiger partial charge is 0.249 e. The average Bonchev–Trinajstić information content (AvgIpc) is 3.11. The first-order valence-electron chi connectivity index (χ1n) is 11.4. The number of hydrogen-bond acceptors (Lipinski definition) is 1. The van der Waals surface area contributed by atoms with Gasteiger partial charge in [0.05, 0.1) is 27.5 Å². The highest BCUT2D eigenvalue weighted by Crippen LogP contribution is 2.49. The molecule has 0 radical (unpaired) electrons. The maximum absolute atomic E-state index is 5.38. The molecule has 32 heavy (non-hydrogen) atoms. The number of nitrogens with zero attached hydrogens (tertiary/aromatic N) is 1. The molecular formula is C29H33NSi2. The number of para-hydroxylation sites is 1. The molecule has 3 aromatic rings. The Hall–Kier alpha value is -2.76. The van der Waals surface area contributed by atoms with E-state index in [1.807, 2.05) is 0 Å². The number of benzene rings is 3. The zero-order valence-corrected chi connectivity index (χ0v) is 22.1. The van der Waals surface area contributed by atoms with Crippen LogP contribution >= 0.6 is 0 Å². The van der Waals surface area contributed by atoms with E-state index in [2.05, 4.69) is 130 Å². The molecule has 0 atom stereocenters. The highest BCUT2D eigenvalue weighted by atomic mass is 28.3. The molecule has 3 heteroatoms. The van der Waals surface area contributed by atoms with Gasteiger partial charge in [-0.3, -0.25) is 0 Å². The summed E-state index contributed by atoms with van der Waals surface area (Å²) in [7, 11) is -3.51. The molecule has 3 aromatic carbocycles. The molecule has 0 spiro atoms. The predicted molar refractivity (Wildman–Crippen MR) is 147 cm³/mol. The van der Waals surface area contributed by atoms with E-state index < -0.39 is 16.1 Å². The van der Waals surface area contributed by atoms with Gasteiger partial charge in [0.2, 0.25) is 0 Å². The first kappa shape index (κ1) is 22.4. The summed E-state index contributed by atoms with van der Waals surface area (Å²) >= 11 is 0. The van der Waals surface area contributed by atoms with Crippen LogP contribution in [0.1, 0.15) is 11.1 Å². The minimum atomic E-state index is -1.75. The topological polar surface area (TPSA) is 12.4 Å².